The minimum atomic E-state index is 0.683. The first-order chi connectivity index (χ1) is 13.6. The Hall–Kier alpha value is -2.61. The van der Waals surface area contributed by atoms with Crippen LogP contribution in [0.15, 0.2) is 60.8 Å². The van der Waals surface area contributed by atoms with Crippen molar-refractivity contribution in [2.24, 2.45) is 5.92 Å². The Morgan fingerprint density at radius 1 is 0.964 bits per heavy atom. The van der Waals surface area contributed by atoms with Gasteiger partial charge >= 0.3 is 0 Å². The molecule has 2 heteroatoms. The molecule has 2 nitrogen and oxygen atoms in total. The van der Waals surface area contributed by atoms with E-state index in [1.165, 1.54) is 52.9 Å². The van der Waals surface area contributed by atoms with Crippen molar-refractivity contribution in [3.8, 4) is 0 Å². The number of rotatable bonds is 3. The highest BCUT2D eigenvalue weighted by atomic mass is 15.1. The largest absolute Gasteiger partial charge is 0.348 e. The Labute approximate surface area is 169 Å². The van der Waals surface area contributed by atoms with Gasteiger partial charge in [0.2, 0.25) is 5.69 Å². The Balaban J connectivity index is 1.48. The monoisotopic (exact) mass is 371 g/mol. The fraction of sp³-hybridized carbons (Fsp3) is 0.346. The van der Waals surface area contributed by atoms with Gasteiger partial charge in [0.05, 0.1) is 0 Å². The van der Waals surface area contributed by atoms with E-state index in [-0.39, 0.29) is 0 Å². The molecule has 0 radical (unpaired) electrons. The van der Waals surface area contributed by atoms with Gasteiger partial charge in [-0.1, -0.05) is 42.3 Å². The molecule has 28 heavy (non-hydrogen) atoms. The smallest absolute Gasteiger partial charge is 0.208 e. The van der Waals surface area contributed by atoms with Crippen molar-refractivity contribution in [2.45, 2.75) is 40.0 Å². The van der Waals surface area contributed by atoms with Crippen LogP contribution >= 0.6 is 0 Å². The lowest BCUT2D eigenvalue weighted by Gasteiger charge is -2.28. The van der Waals surface area contributed by atoms with E-state index in [1.54, 1.807) is 0 Å². The second kappa shape index (κ2) is 8.18. The third-order valence-corrected chi connectivity index (χ3v) is 5.76. The third-order valence-electron chi connectivity index (χ3n) is 5.76. The molecule has 0 aliphatic carbocycles. The minimum absolute atomic E-state index is 0.683. The molecule has 2 aromatic carbocycles. The zero-order valence-electron chi connectivity index (χ0n) is 17.4. The molecule has 0 aromatic heterocycles. The van der Waals surface area contributed by atoms with Crippen molar-refractivity contribution in [2.75, 3.05) is 18.0 Å². The quantitative estimate of drug-likeness (QED) is 0.493. The number of nitrogens with zero attached hydrogens (tertiary/aromatic N) is 2. The summed E-state index contributed by atoms with van der Waals surface area (Å²) in [6, 6.07) is 13.6. The van der Waals surface area contributed by atoms with Gasteiger partial charge in [-0.05, 0) is 56.9 Å². The van der Waals surface area contributed by atoms with Crippen LogP contribution in [0.5, 0.6) is 0 Å². The number of aryl methyl sites for hydroxylation is 3. The van der Waals surface area contributed by atoms with Crippen molar-refractivity contribution < 1.29 is 4.58 Å². The summed E-state index contributed by atoms with van der Waals surface area (Å²) in [6.07, 6.45) is 14.5. The fourth-order valence-electron chi connectivity index (χ4n) is 4.45. The zero-order valence-corrected chi connectivity index (χ0v) is 17.4. The molecule has 0 spiro atoms. The van der Waals surface area contributed by atoms with E-state index in [4.69, 9.17) is 0 Å². The molecular weight excluding hydrogens is 340 g/mol. The number of benzene rings is 2. The van der Waals surface area contributed by atoms with E-state index in [1.807, 2.05) is 0 Å². The van der Waals surface area contributed by atoms with Crippen molar-refractivity contribution in [1.82, 2.24) is 0 Å². The summed E-state index contributed by atoms with van der Waals surface area (Å²) in [5.74, 6) is 0.683. The highest BCUT2D eigenvalue weighted by Gasteiger charge is 2.25. The number of hydrogen-bond donors (Lipinski definition) is 0. The van der Waals surface area contributed by atoms with Gasteiger partial charge in [0.15, 0.2) is 12.8 Å². The highest BCUT2D eigenvalue weighted by Crippen LogP contribution is 2.29. The van der Waals surface area contributed by atoms with E-state index in [0.29, 0.717) is 5.92 Å². The van der Waals surface area contributed by atoms with Gasteiger partial charge in [-0.2, -0.15) is 4.58 Å². The lowest BCUT2D eigenvalue weighted by molar-refractivity contribution is -0.449. The van der Waals surface area contributed by atoms with Gasteiger partial charge in [0, 0.05) is 42.1 Å². The summed E-state index contributed by atoms with van der Waals surface area (Å²) in [4.78, 5) is 2.38. The number of hydrogen-bond acceptors (Lipinski definition) is 1. The predicted molar refractivity (Wildman–Crippen MR) is 120 cm³/mol. The van der Waals surface area contributed by atoms with Crippen LogP contribution in [0, 0.1) is 19.8 Å². The molecule has 1 unspecified atom stereocenters. The fourth-order valence-corrected chi connectivity index (χ4v) is 4.45. The second-order valence-corrected chi connectivity index (χ2v) is 8.40. The maximum atomic E-state index is 2.40. The molecule has 2 aliphatic rings. The average Bonchev–Trinajstić information content (AvgIpc) is 2.66. The molecule has 0 N–H and O–H groups in total. The van der Waals surface area contributed by atoms with Gasteiger partial charge in [0.1, 0.15) is 0 Å². The van der Waals surface area contributed by atoms with Crippen molar-refractivity contribution >= 4 is 17.6 Å². The Morgan fingerprint density at radius 3 is 2.61 bits per heavy atom. The van der Waals surface area contributed by atoms with Crippen LogP contribution in [-0.4, -0.2) is 23.9 Å². The summed E-state index contributed by atoms with van der Waals surface area (Å²) in [6.45, 7) is 8.88. The number of allylic oxidation sites excluding steroid dienone is 3. The van der Waals surface area contributed by atoms with Crippen LogP contribution in [0.2, 0.25) is 0 Å². The lowest BCUT2D eigenvalue weighted by atomic mass is 9.94. The van der Waals surface area contributed by atoms with Gasteiger partial charge in [-0.3, -0.25) is 0 Å². The first-order valence-electron chi connectivity index (χ1n) is 10.5. The maximum absolute atomic E-state index is 2.40. The predicted octanol–water partition coefficient (Wildman–Crippen LogP) is 5.73. The minimum Gasteiger partial charge on any atom is -0.348 e. The Kier molecular flexibility index (Phi) is 5.47. The maximum Gasteiger partial charge on any atom is 0.208 e. The molecule has 0 saturated carbocycles. The summed E-state index contributed by atoms with van der Waals surface area (Å²) in [5.41, 5.74) is 8.37. The number of anilines is 1. The second-order valence-electron chi connectivity index (χ2n) is 8.40. The number of fused-ring (bicyclic) bond motifs is 2. The molecule has 4 rings (SSSR count). The van der Waals surface area contributed by atoms with Gasteiger partial charge < -0.3 is 4.90 Å². The van der Waals surface area contributed by atoms with Gasteiger partial charge in [-0.25, -0.2) is 0 Å². The van der Waals surface area contributed by atoms with E-state index in [2.05, 4.69) is 97.3 Å². The molecule has 0 saturated heterocycles. The lowest BCUT2D eigenvalue weighted by Crippen LogP contribution is -2.24. The molecule has 1 atom stereocenters. The van der Waals surface area contributed by atoms with E-state index in [9.17, 15) is 0 Å². The first kappa shape index (κ1) is 18.7. The Morgan fingerprint density at radius 2 is 1.75 bits per heavy atom. The normalized spacial score (nSPS) is 20.8. The summed E-state index contributed by atoms with van der Waals surface area (Å²) in [7, 11) is 0. The SMILES string of the molecule is Cc1ccc2c(c1)CCCN2/C=C/C=C/C=[N+]1CC(C)Cc2cc(C)ccc21. The standard InChI is InChI=1S/C26H31N2/c1-20-9-11-25-23(16-20)8-7-15-27(25)13-5-4-6-14-28-19-22(3)18-24-17-21(2)10-12-26(24)28/h4-6,9-14,16-17,22H,7-8,15,18-19H2,1-3H3/q+1. The van der Waals surface area contributed by atoms with E-state index >= 15 is 0 Å². The molecule has 0 fully saturated rings. The van der Waals surface area contributed by atoms with Gasteiger partial charge in [-0.15, -0.1) is 0 Å². The highest BCUT2D eigenvalue weighted by molar-refractivity contribution is 5.69. The van der Waals surface area contributed by atoms with Crippen LogP contribution in [-0.2, 0) is 12.8 Å². The topological polar surface area (TPSA) is 6.25 Å². The molecule has 2 aromatic rings. The zero-order chi connectivity index (χ0) is 19.5. The molecule has 0 amide bonds. The molecule has 2 aliphatic heterocycles. The van der Waals surface area contributed by atoms with E-state index < -0.39 is 0 Å². The summed E-state index contributed by atoms with van der Waals surface area (Å²) < 4.78 is 2.40. The van der Waals surface area contributed by atoms with Crippen LogP contribution < -0.4 is 4.90 Å². The van der Waals surface area contributed by atoms with Crippen molar-refractivity contribution in [3.63, 3.8) is 0 Å². The average molecular weight is 372 g/mol. The van der Waals surface area contributed by atoms with Crippen LogP contribution in [0.25, 0.3) is 0 Å². The molecule has 0 bridgehead atoms. The molecule has 2 heterocycles. The Bertz CT molecular complexity index is 949. The van der Waals surface area contributed by atoms with E-state index in [0.717, 1.165) is 13.1 Å². The molecular formula is C26H31N2+. The summed E-state index contributed by atoms with van der Waals surface area (Å²) in [5, 5.41) is 0. The molecule has 144 valence electrons. The van der Waals surface area contributed by atoms with Crippen LogP contribution in [0.3, 0.4) is 0 Å². The van der Waals surface area contributed by atoms with Crippen molar-refractivity contribution in [1.29, 1.82) is 0 Å². The third kappa shape index (κ3) is 4.11. The van der Waals surface area contributed by atoms with Crippen molar-refractivity contribution in [3.05, 3.63) is 83.1 Å². The first-order valence-corrected chi connectivity index (χ1v) is 10.5. The summed E-state index contributed by atoms with van der Waals surface area (Å²) >= 11 is 0. The van der Waals surface area contributed by atoms with Crippen LogP contribution in [0.4, 0.5) is 11.4 Å². The van der Waals surface area contributed by atoms with Crippen LogP contribution in [0.1, 0.15) is 35.6 Å². The van der Waals surface area contributed by atoms with Gasteiger partial charge in [0.25, 0.3) is 0 Å².